The zero-order valence-corrected chi connectivity index (χ0v) is 8.45. The summed E-state index contributed by atoms with van der Waals surface area (Å²) in [5.74, 6) is 0.412. The number of ketones is 1. The van der Waals surface area contributed by atoms with Gasteiger partial charge in [0.15, 0.2) is 5.78 Å². The summed E-state index contributed by atoms with van der Waals surface area (Å²) in [6.07, 6.45) is 0.504. The second-order valence-electron chi connectivity index (χ2n) is 3.79. The van der Waals surface area contributed by atoms with Gasteiger partial charge in [-0.1, -0.05) is 13.8 Å². The van der Waals surface area contributed by atoms with Crippen LogP contribution in [0.25, 0.3) is 0 Å². The number of carbonyl (C=O) groups excluding carboxylic acids is 1. The van der Waals surface area contributed by atoms with Gasteiger partial charge >= 0.3 is 0 Å². The number of Topliss-reactive ketones (excluding diaryl/α,β-unsaturated/α-hetero) is 1. The molecule has 14 heavy (non-hydrogen) atoms. The Labute approximate surface area is 83.6 Å². The molecule has 1 rings (SSSR count). The monoisotopic (exact) mass is 193 g/mol. The molecular weight excluding hydrogens is 178 g/mol. The SMILES string of the molecule is CC(C)CC(=O)c1ccc(O)c(N)c1. The summed E-state index contributed by atoms with van der Waals surface area (Å²) in [7, 11) is 0. The van der Waals surface area contributed by atoms with Gasteiger partial charge in [0, 0.05) is 12.0 Å². The molecule has 0 saturated carbocycles. The lowest BCUT2D eigenvalue weighted by atomic mass is 10.0. The van der Waals surface area contributed by atoms with Crippen molar-refractivity contribution in [1.29, 1.82) is 0 Å². The molecule has 3 heteroatoms. The largest absolute Gasteiger partial charge is 0.506 e. The summed E-state index contributed by atoms with van der Waals surface area (Å²) in [6.45, 7) is 3.98. The van der Waals surface area contributed by atoms with E-state index in [4.69, 9.17) is 5.73 Å². The van der Waals surface area contributed by atoms with Crippen molar-refractivity contribution in [3.63, 3.8) is 0 Å². The number of anilines is 1. The molecule has 76 valence electrons. The molecule has 0 aliphatic rings. The summed E-state index contributed by atoms with van der Waals surface area (Å²) in [5.41, 5.74) is 6.30. The normalized spacial score (nSPS) is 10.5. The molecule has 3 nitrogen and oxygen atoms in total. The fraction of sp³-hybridized carbons (Fsp3) is 0.364. The van der Waals surface area contributed by atoms with E-state index >= 15 is 0 Å². The third-order valence-corrected chi connectivity index (χ3v) is 1.94. The van der Waals surface area contributed by atoms with Gasteiger partial charge < -0.3 is 10.8 Å². The molecule has 0 saturated heterocycles. The Balaban J connectivity index is 2.86. The first-order valence-corrected chi connectivity index (χ1v) is 4.62. The van der Waals surface area contributed by atoms with E-state index in [1.807, 2.05) is 13.8 Å². The summed E-state index contributed by atoms with van der Waals surface area (Å²) < 4.78 is 0. The van der Waals surface area contributed by atoms with Crippen molar-refractivity contribution >= 4 is 11.5 Å². The number of hydrogen-bond acceptors (Lipinski definition) is 3. The van der Waals surface area contributed by atoms with E-state index < -0.39 is 0 Å². The molecule has 0 spiro atoms. The van der Waals surface area contributed by atoms with Crippen LogP contribution in [0.15, 0.2) is 18.2 Å². The Kier molecular flexibility index (Phi) is 3.12. The molecule has 0 radical (unpaired) electrons. The predicted octanol–water partition coefficient (Wildman–Crippen LogP) is 2.20. The Morgan fingerprint density at radius 2 is 2.14 bits per heavy atom. The van der Waals surface area contributed by atoms with Crippen LogP contribution in [-0.4, -0.2) is 10.9 Å². The first kappa shape index (κ1) is 10.6. The highest BCUT2D eigenvalue weighted by atomic mass is 16.3. The Morgan fingerprint density at radius 1 is 1.50 bits per heavy atom. The summed E-state index contributed by atoms with van der Waals surface area (Å²) >= 11 is 0. The van der Waals surface area contributed by atoms with Crippen LogP contribution in [0.4, 0.5) is 5.69 Å². The van der Waals surface area contributed by atoms with E-state index in [1.165, 1.54) is 12.1 Å². The molecule has 0 aliphatic heterocycles. The molecule has 0 atom stereocenters. The van der Waals surface area contributed by atoms with E-state index in [9.17, 15) is 9.90 Å². The van der Waals surface area contributed by atoms with Crippen molar-refractivity contribution in [2.45, 2.75) is 20.3 Å². The van der Waals surface area contributed by atoms with Crippen molar-refractivity contribution in [3.8, 4) is 5.75 Å². The molecule has 0 unspecified atom stereocenters. The molecule has 1 aromatic carbocycles. The minimum Gasteiger partial charge on any atom is -0.506 e. The van der Waals surface area contributed by atoms with E-state index in [1.54, 1.807) is 6.07 Å². The number of rotatable bonds is 3. The quantitative estimate of drug-likeness (QED) is 0.439. The lowest BCUT2D eigenvalue weighted by molar-refractivity contribution is 0.0968. The maximum Gasteiger partial charge on any atom is 0.163 e. The van der Waals surface area contributed by atoms with Crippen molar-refractivity contribution < 1.29 is 9.90 Å². The van der Waals surface area contributed by atoms with Gasteiger partial charge in [0.25, 0.3) is 0 Å². The van der Waals surface area contributed by atoms with Gasteiger partial charge in [-0.2, -0.15) is 0 Å². The van der Waals surface area contributed by atoms with Crippen molar-refractivity contribution in [3.05, 3.63) is 23.8 Å². The molecule has 1 aromatic rings. The van der Waals surface area contributed by atoms with Crippen LogP contribution in [-0.2, 0) is 0 Å². The molecule has 0 aromatic heterocycles. The minimum absolute atomic E-state index is 0.0195. The number of benzene rings is 1. The molecule has 0 aliphatic carbocycles. The number of aromatic hydroxyl groups is 1. The number of phenols is 1. The van der Waals surface area contributed by atoms with Crippen LogP contribution < -0.4 is 5.73 Å². The Bertz CT molecular complexity index is 345. The van der Waals surface area contributed by atoms with Crippen LogP contribution in [0.2, 0.25) is 0 Å². The van der Waals surface area contributed by atoms with Crippen molar-refractivity contribution in [2.75, 3.05) is 5.73 Å². The summed E-state index contributed by atoms with van der Waals surface area (Å²) in [5, 5.41) is 9.17. The Morgan fingerprint density at radius 3 is 2.64 bits per heavy atom. The topological polar surface area (TPSA) is 63.3 Å². The first-order chi connectivity index (χ1) is 6.50. The zero-order valence-electron chi connectivity index (χ0n) is 8.45. The van der Waals surface area contributed by atoms with Gasteiger partial charge in [-0.15, -0.1) is 0 Å². The standard InChI is InChI=1S/C11H15NO2/c1-7(2)5-11(14)8-3-4-10(13)9(12)6-8/h3-4,6-7,13H,5,12H2,1-2H3. The van der Waals surface area contributed by atoms with E-state index in [0.29, 0.717) is 17.9 Å². The minimum atomic E-state index is 0.0195. The van der Waals surface area contributed by atoms with Crippen molar-refractivity contribution in [2.24, 2.45) is 5.92 Å². The van der Waals surface area contributed by atoms with E-state index in [2.05, 4.69) is 0 Å². The molecule has 0 bridgehead atoms. The highest BCUT2D eigenvalue weighted by Crippen LogP contribution is 2.21. The summed E-state index contributed by atoms with van der Waals surface area (Å²) in [4.78, 5) is 11.6. The highest BCUT2D eigenvalue weighted by Gasteiger charge is 2.09. The van der Waals surface area contributed by atoms with Crippen LogP contribution in [0.3, 0.4) is 0 Å². The molecule has 0 fully saturated rings. The van der Waals surface area contributed by atoms with Gasteiger partial charge in [-0.3, -0.25) is 4.79 Å². The maximum absolute atomic E-state index is 11.6. The highest BCUT2D eigenvalue weighted by molar-refractivity contribution is 5.97. The van der Waals surface area contributed by atoms with Gasteiger partial charge in [0.05, 0.1) is 5.69 Å². The number of nitrogen functional groups attached to an aromatic ring is 1. The third kappa shape index (κ3) is 2.49. The fourth-order valence-electron chi connectivity index (χ4n) is 1.22. The van der Waals surface area contributed by atoms with Gasteiger partial charge in [0.1, 0.15) is 5.75 Å². The lowest BCUT2D eigenvalue weighted by Gasteiger charge is -2.05. The zero-order chi connectivity index (χ0) is 10.7. The Hall–Kier alpha value is -1.51. The van der Waals surface area contributed by atoms with Crippen LogP contribution in [0, 0.1) is 5.92 Å². The maximum atomic E-state index is 11.6. The number of phenolic OH excluding ortho intramolecular Hbond substituents is 1. The van der Waals surface area contributed by atoms with E-state index in [0.717, 1.165) is 0 Å². The van der Waals surface area contributed by atoms with Crippen molar-refractivity contribution in [1.82, 2.24) is 0 Å². The average molecular weight is 193 g/mol. The molecule has 0 amide bonds. The van der Waals surface area contributed by atoms with Crippen LogP contribution in [0.5, 0.6) is 5.75 Å². The number of hydrogen-bond donors (Lipinski definition) is 2. The average Bonchev–Trinajstić information content (AvgIpc) is 2.08. The van der Waals surface area contributed by atoms with Gasteiger partial charge in [-0.05, 0) is 24.1 Å². The molecule has 0 heterocycles. The molecular formula is C11H15NO2. The predicted molar refractivity (Wildman–Crippen MR) is 56.3 cm³/mol. The number of nitrogens with two attached hydrogens (primary N) is 1. The first-order valence-electron chi connectivity index (χ1n) is 4.62. The van der Waals surface area contributed by atoms with Gasteiger partial charge in [-0.25, -0.2) is 0 Å². The number of carbonyl (C=O) groups is 1. The molecule has 3 N–H and O–H groups in total. The van der Waals surface area contributed by atoms with Crippen LogP contribution >= 0.6 is 0 Å². The second-order valence-corrected chi connectivity index (χ2v) is 3.79. The van der Waals surface area contributed by atoms with Crippen LogP contribution in [0.1, 0.15) is 30.6 Å². The van der Waals surface area contributed by atoms with Gasteiger partial charge in [0.2, 0.25) is 0 Å². The summed E-state index contributed by atoms with van der Waals surface area (Å²) in [6, 6.07) is 4.55. The fourth-order valence-corrected chi connectivity index (χ4v) is 1.22. The van der Waals surface area contributed by atoms with E-state index in [-0.39, 0.29) is 17.2 Å². The second kappa shape index (κ2) is 4.13. The lowest BCUT2D eigenvalue weighted by Crippen LogP contribution is -2.04. The third-order valence-electron chi connectivity index (χ3n) is 1.94. The smallest absolute Gasteiger partial charge is 0.163 e.